The molecule has 1 saturated heterocycles. The first-order chi connectivity index (χ1) is 9.49. The second kappa shape index (κ2) is 6.00. The highest BCUT2D eigenvalue weighted by atomic mass is 16.6. The van der Waals surface area contributed by atoms with Crippen LogP contribution in [-0.2, 0) is 4.74 Å². The zero-order chi connectivity index (χ0) is 14.7. The summed E-state index contributed by atoms with van der Waals surface area (Å²) in [5, 5.41) is 13.6. The highest BCUT2D eigenvalue weighted by molar-refractivity contribution is 5.94. The molecule has 0 radical (unpaired) electrons. The van der Waals surface area contributed by atoms with Gasteiger partial charge in [-0.3, -0.25) is 14.9 Å². The van der Waals surface area contributed by atoms with E-state index < -0.39 is 4.92 Å². The minimum Gasteiger partial charge on any atom is -0.376 e. The summed E-state index contributed by atoms with van der Waals surface area (Å²) >= 11 is 0. The Labute approximate surface area is 117 Å². The Morgan fingerprint density at radius 3 is 2.85 bits per heavy atom. The van der Waals surface area contributed by atoms with Crippen molar-refractivity contribution in [2.45, 2.75) is 38.8 Å². The Kier molecular flexibility index (Phi) is 4.34. The van der Waals surface area contributed by atoms with Crippen molar-refractivity contribution in [2.24, 2.45) is 0 Å². The van der Waals surface area contributed by atoms with Crippen molar-refractivity contribution in [2.75, 3.05) is 6.61 Å². The Hall–Kier alpha value is -1.95. The average molecular weight is 278 g/mol. The van der Waals surface area contributed by atoms with Gasteiger partial charge in [0.05, 0.1) is 17.1 Å². The van der Waals surface area contributed by atoms with E-state index >= 15 is 0 Å². The number of ether oxygens (including phenoxy) is 1. The molecule has 1 aliphatic rings. The summed E-state index contributed by atoms with van der Waals surface area (Å²) in [6.45, 7) is 4.27. The summed E-state index contributed by atoms with van der Waals surface area (Å²) in [5.74, 6) is -0.231. The van der Waals surface area contributed by atoms with Crippen LogP contribution in [0.4, 0.5) is 5.69 Å². The molecule has 0 aromatic heterocycles. The van der Waals surface area contributed by atoms with Gasteiger partial charge in [-0.2, -0.15) is 0 Å². The van der Waals surface area contributed by atoms with Gasteiger partial charge in [0.1, 0.15) is 0 Å². The summed E-state index contributed by atoms with van der Waals surface area (Å²) in [4.78, 5) is 22.4. The predicted octanol–water partition coefficient (Wildman–Crippen LogP) is 2.20. The number of nitro benzene ring substituents is 1. The summed E-state index contributed by atoms with van der Waals surface area (Å²) in [5.41, 5.74) is 0.930. The third-order valence-electron chi connectivity index (χ3n) is 3.54. The molecule has 0 aliphatic carbocycles. The van der Waals surface area contributed by atoms with Crippen molar-refractivity contribution < 1.29 is 14.5 Å². The standard InChI is InChI=1S/C14H18N2O4/c1-9-8-11(5-6-12(9)16(18)19)14(17)15-10(2)13-4-3-7-20-13/h5-6,8,10,13H,3-4,7H2,1-2H3,(H,15,17)/t10-,13+/m0/s1. The van der Waals surface area contributed by atoms with Gasteiger partial charge in [0.2, 0.25) is 0 Å². The fourth-order valence-corrected chi connectivity index (χ4v) is 2.38. The number of nitro groups is 1. The van der Waals surface area contributed by atoms with Gasteiger partial charge >= 0.3 is 0 Å². The maximum atomic E-state index is 12.1. The first kappa shape index (κ1) is 14.5. The summed E-state index contributed by atoms with van der Waals surface area (Å²) in [6.07, 6.45) is 2.01. The van der Waals surface area contributed by atoms with E-state index in [1.807, 2.05) is 6.92 Å². The number of amides is 1. The SMILES string of the molecule is Cc1cc(C(=O)N[C@@H](C)[C@H]2CCCO2)ccc1[N+](=O)[O-]. The third-order valence-corrected chi connectivity index (χ3v) is 3.54. The van der Waals surface area contributed by atoms with Gasteiger partial charge in [0, 0.05) is 23.8 Å². The van der Waals surface area contributed by atoms with Gasteiger partial charge in [-0.15, -0.1) is 0 Å². The van der Waals surface area contributed by atoms with Crippen LogP contribution in [0.2, 0.25) is 0 Å². The lowest BCUT2D eigenvalue weighted by Gasteiger charge is -2.20. The van der Waals surface area contributed by atoms with Gasteiger partial charge in [-0.25, -0.2) is 0 Å². The largest absolute Gasteiger partial charge is 0.376 e. The lowest BCUT2D eigenvalue weighted by molar-refractivity contribution is -0.385. The van der Waals surface area contributed by atoms with Crippen LogP contribution in [0, 0.1) is 17.0 Å². The topological polar surface area (TPSA) is 81.5 Å². The zero-order valence-corrected chi connectivity index (χ0v) is 11.6. The molecule has 1 fully saturated rings. The Balaban J connectivity index is 2.05. The first-order valence-corrected chi connectivity index (χ1v) is 6.66. The molecular formula is C14H18N2O4. The summed E-state index contributed by atoms with van der Waals surface area (Å²) < 4.78 is 5.52. The number of benzene rings is 1. The molecule has 1 aromatic carbocycles. The minimum atomic E-state index is -0.452. The van der Waals surface area contributed by atoms with E-state index in [0.717, 1.165) is 19.4 Å². The molecule has 1 aromatic rings. The van der Waals surface area contributed by atoms with E-state index in [4.69, 9.17) is 4.74 Å². The van der Waals surface area contributed by atoms with E-state index in [9.17, 15) is 14.9 Å². The van der Waals surface area contributed by atoms with Crippen LogP contribution in [0.1, 0.15) is 35.7 Å². The molecule has 6 nitrogen and oxygen atoms in total. The van der Waals surface area contributed by atoms with Crippen LogP contribution in [0.25, 0.3) is 0 Å². The molecule has 2 atom stereocenters. The normalized spacial score (nSPS) is 19.6. The Bertz CT molecular complexity index is 524. The van der Waals surface area contributed by atoms with Crippen LogP contribution < -0.4 is 5.32 Å². The monoisotopic (exact) mass is 278 g/mol. The summed E-state index contributed by atoms with van der Waals surface area (Å²) in [6, 6.07) is 4.31. The van der Waals surface area contributed by atoms with E-state index in [-0.39, 0.29) is 23.7 Å². The molecule has 1 N–H and O–H groups in total. The minimum absolute atomic E-state index is 0.0220. The van der Waals surface area contributed by atoms with Gasteiger partial charge < -0.3 is 10.1 Å². The second-order valence-electron chi connectivity index (χ2n) is 5.07. The van der Waals surface area contributed by atoms with E-state index in [0.29, 0.717) is 11.1 Å². The molecule has 6 heteroatoms. The number of nitrogens with zero attached hydrogens (tertiary/aromatic N) is 1. The molecule has 2 rings (SSSR count). The maximum absolute atomic E-state index is 12.1. The fourth-order valence-electron chi connectivity index (χ4n) is 2.38. The number of hydrogen-bond donors (Lipinski definition) is 1. The molecule has 0 bridgehead atoms. The average Bonchev–Trinajstić information content (AvgIpc) is 2.91. The number of rotatable bonds is 4. The van der Waals surface area contributed by atoms with Gasteiger partial charge in [-0.05, 0) is 38.8 Å². The molecule has 1 amide bonds. The number of hydrogen-bond acceptors (Lipinski definition) is 4. The van der Waals surface area contributed by atoms with Crippen LogP contribution in [0.3, 0.4) is 0 Å². The van der Waals surface area contributed by atoms with Crippen molar-refractivity contribution in [3.8, 4) is 0 Å². The van der Waals surface area contributed by atoms with Gasteiger partial charge in [0.15, 0.2) is 0 Å². The Morgan fingerprint density at radius 1 is 1.55 bits per heavy atom. The maximum Gasteiger partial charge on any atom is 0.272 e. The molecule has 0 saturated carbocycles. The van der Waals surface area contributed by atoms with Crippen LogP contribution in [0.5, 0.6) is 0 Å². The molecule has 0 unspecified atom stereocenters. The smallest absolute Gasteiger partial charge is 0.272 e. The number of nitrogens with one attached hydrogen (secondary N) is 1. The first-order valence-electron chi connectivity index (χ1n) is 6.66. The lowest BCUT2D eigenvalue weighted by atomic mass is 10.1. The third kappa shape index (κ3) is 3.14. The Morgan fingerprint density at radius 2 is 2.30 bits per heavy atom. The van der Waals surface area contributed by atoms with Crippen molar-refractivity contribution in [3.05, 3.63) is 39.4 Å². The van der Waals surface area contributed by atoms with E-state index in [1.54, 1.807) is 6.92 Å². The highest BCUT2D eigenvalue weighted by Gasteiger charge is 2.24. The highest BCUT2D eigenvalue weighted by Crippen LogP contribution is 2.19. The quantitative estimate of drug-likeness (QED) is 0.676. The molecule has 1 aliphatic heterocycles. The van der Waals surface area contributed by atoms with Crippen molar-refractivity contribution in [1.29, 1.82) is 0 Å². The van der Waals surface area contributed by atoms with Crippen LogP contribution in [0.15, 0.2) is 18.2 Å². The molecule has 0 spiro atoms. The second-order valence-corrected chi connectivity index (χ2v) is 5.07. The molecular weight excluding hydrogens is 260 g/mol. The van der Waals surface area contributed by atoms with Crippen molar-refractivity contribution >= 4 is 11.6 Å². The van der Waals surface area contributed by atoms with Crippen molar-refractivity contribution in [1.82, 2.24) is 5.32 Å². The predicted molar refractivity (Wildman–Crippen MR) is 73.7 cm³/mol. The van der Waals surface area contributed by atoms with Crippen molar-refractivity contribution in [3.63, 3.8) is 0 Å². The fraction of sp³-hybridized carbons (Fsp3) is 0.500. The van der Waals surface area contributed by atoms with Crippen LogP contribution >= 0.6 is 0 Å². The number of carbonyl (C=O) groups excluding carboxylic acids is 1. The van der Waals surface area contributed by atoms with Crippen LogP contribution in [-0.4, -0.2) is 29.6 Å². The summed E-state index contributed by atoms with van der Waals surface area (Å²) in [7, 11) is 0. The van der Waals surface area contributed by atoms with E-state index in [1.165, 1.54) is 18.2 Å². The molecule has 20 heavy (non-hydrogen) atoms. The number of carbonyl (C=O) groups is 1. The van der Waals surface area contributed by atoms with Gasteiger partial charge in [-0.1, -0.05) is 0 Å². The van der Waals surface area contributed by atoms with E-state index in [2.05, 4.69) is 5.32 Å². The van der Waals surface area contributed by atoms with Gasteiger partial charge in [0.25, 0.3) is 11.6 Å². The lowest BCUT2D eigenvalue weighted by Crippen LogP contribution is -2.40. The molecule has 1 heterocycles. The zero-order valence-electron chi connectivity index (χ0n) is 11.6. The molecule has 108 valence electrons. The number of aryl methyl sites for hydroxylation is 1.